The van der Waals surface area contributed by atoms with Crippen LogP contribution >= 0.6 is 0 Å². The second kappa shape index (κ2) is 4.55. The van der Waals surface area contributed by atoms with Crippen molar-refractivity contribution in [1.29, 1.82) is 0 Å². The van der Waals surface area contributed by atoms with Crippen molar-refractivity contribution in [2.45, 2.75) is 25.2 Å². The van der Waals surface area contributed by atoms with E-state index in [9.17, 15) is 8.42 Å². The molecule has 1 fully saturated rings. The lowest BCUT2D eigenvalue weighted by atomic mass is 10.1. The van der Waals surface area contributed by atoms with Crippen LogP contribution in [0.15, 0.2) is 10.7 Å². The van der Waals surface area contributed by atoms with E-state index in [1.807, 2.05) is 0 Å². The Labute approximate surface area is 95.0 Å². The molecule has 1 unspecified atom stereocenters. The number of aromatic nitrogens is 1. The highest BCUT2D eigenvalue weighted by atomic mass is 32.2. The molecule has 2 N–H and O–H groups in total. The van der Waals surface area contributed by atoms with E-state index in [2.05, 4.69) is 4.98 Å². The first-order valence-electron chi connectivity index (χ1n) is 5.45. The summed E-state index contributed by atoms with van der Waals surface area (Å²) in [7, 11) is -2.91. The largest absolute Gasteiger partial charge is 0.448 e. The van der Waals surface area contributed by atoms with Gasteiger partial charge in [-0.2, -0.15) is 0 Å². The number of sulfone groups is 1. The molecule has 0 bridgehead atoms. The summed E-state index contributed by atoms with van der Waals surface area (Å²) in [5.74, 6) is 0.923. The minimum atomic E-state index is -2.91. The average molecular weight is 244 g/mol. The minimum Gasteiger partial charge on any atom is -0.448 e. The lowest BCUT2D eigenvalue weighted by Gasteiger charge is -2.18. The number of rotatable bonds is 3. The molecular weight excluding hydrogens is 228 g/mol. The van der Waals surface area contributed by atoms with Crippen molar-refractivity contribution in [3.63, 3.8) is 0 Å². The summed E-state index contributed by atoms with van der Waals surface area (Å²) in [6, 6.07) is 0. The number of hydrogen-bond donors (Lipinski definition) is 1. The number of hydrogen-bond acceptors (Lipinski definition) is 5. The van der Waals surface area contributed by atoms with Gasteiger partial charge in [-0.3, -0.25) is 0 Å². The summed E-state index contributed by atoms with van der Waals surface area (Å²) in [5.41, 5.74) is 6.22. The Morgan fingerprint density at radius 3 is 3.06 bits per heavy atom. The molecule has 16 heavy (non-hydrogen) atoms. The fourth-order valence-electron chi connectivity index (χ4n) is 1.99. The van der Waals surface area contributed by atoms with Gasteiger partial charge in [-0.25, -0.2) is 13.4 Å². The Bertz CT molecular complexity index is 452. The molecule has 1 aliphatic heterocycles. The molecule has 0 saturated carbocycles. The first-order chi connectivity index (χ1) is 7.61. The zero-order valence-corrected chi connectivity index (χ0v) is 9.87. The number of nitrogens with two attached hydrogens (primary N) is 1. The van der Waals surface area contributed by atoms with Crippen molar-refractivity contribution in [2.24, 2.45) is 5.73 Å². The average Bonchev–Trinajstić information content (AvgIpc) is 2.65. The van der Waals surface area contributed by atoms with Crippen LogP contribution in [0.2, 0.25) is 0 Å². The summed E-state index contributed by atoms with van der Waals surface area (Å²) in [5, 5.41) is 0. The van der Waals surface area contributed by atoms with Crippen molar-refractivity contribution in [1.82, 2.24) is 4.98 Å². The third-order valence-electron chi connectivity index (χ3n) is 2.78. The van der Waals surface area contributed by atoms with Gasteiger partial charge >= 0.3 is 0 Å². The number of nitrogens with zero attached hydrogens (tertiary/aromatic N) is 1. The van der Waals surface area contributed by atoms with Gasteiger partial charge in [0.05, 0.1) is 17.2 Å². The van der Waals surface area contributed by atoms with Crippen LogP contribution in [0.5, 0.6) is 0 Å². The van der Waals surface area contributed by atoms with Crippen LogP contribution in [0.1, 0.15) is 30.3 Å². The highest BCUT2D eigenvalue weighted by Crippen LogP contribution is 2.27. The van der Waals surface area contributed by atoms with Crippen LogP contribution in [-0.2, 0) is 16.3 Å². The maximum absolute atomic E-state index is 11.5. The Morgan fingerprint density at radius 2 is 2.38 bits per heavy atom. The van der Waals surface area contributed by atoms with Gasteiger partial charge in [-0.1, -0.05) is 0 Å². The van der Waals surface area contributed by atoms with E-state index in [0.717, 1.165) is 12.1 Å². The standard InChI is InChI=1S/C10H16N2O3S/c11-4-3-9-6-15-10(12-9)8-2-1-5-16(13,14)7-8/h6,8H,1-5,7,11H2. The van der Waals surface area contributed by atoms with Crippen molar-refractivity contribution in [3.05, 3.63) is 17.8 Å². The highest BCUT2D eigenvalue weighted by molar-refractivity contribution is 7.91. The Balaban J connectivity index is 2.11. The normalized spacial score (nSPS) is 24.4. The molecule has 1 atom stereocenters. The molecule has 0 amide bonds. The van der Waals surface area contributed by atoms with Gasteiger partial charge in [-0.05, 0) is 19.4 Å². The van der Waals surface area contributed by atoms with Gasteiger partial charge in [-0.15, -0.1) is 0 Å². The van der Waals surface area contributed by atoms with E-state index in [1.54, 1.807) is 6.26 Å². The minimum absolute atomic E-state index is 0.0784. The number of oxazole rings is 1. The van der Waals surface area contributed by atoms with E-state index < -0.39 is 9.84 Å². The lowest BCUT2D eigenvalue weighted by Crippen LogP contribution is -2.23. The summed E-state index contributed by atoms with van der Waals surface area (Å²) in [6.45, 7) is 0.523. The lowest BCUT2D eigenvalue weighted by molar-refractivity contribution is 0.434. The second-order valence-electron chi connectivity index (χ2n) is 4.17. The molecule has 0 radical (unpaired) electrons. The quantitative estimate of drug-likeness (QED) is 0.835. The molecular formula is C10H16N2O3S. The van der Waals surface area contributed by atoms with Gasteiger partial charge in [0, 0.05) is 12.3 Å². The maximum atomic E-state index is 11.5. The molecule has 6 heteroatoms. The molecule has 0 aliphatic carbocycles. The molecule has 90 valence electrons. The first-order valence-corrected chi connectivity index (χ1v) is 7.27. The van der Waals surface area contributed by atoms with Crippen LogP contribution in [0.3, 0.4) is 0 Å². The molecule has 0 aromatic carbocycles. The third-order valence-corrected chi connectivity index (χ3v) is 4.60. The van der Waals surface area contributed by atoms with Gasteiger partial charge in [0.2, 0.25) is 0 Å². The highest BCUT2D eigenvalue weighted by Gasteiger charge is 2.29. The van der Waals surface area contributed by atoms with E-state index in [1.165, 1.54) is 0 Å². The Morgan fingerprint density at radius 1 is 1.56 bits per heavy atom. The van der Waals surface area contributed by atoms with Gasteiger partial charge < -0.3 is 10.2 Å². The summed E-state index contributed by atoms with van der Waals surface area (Å²) < 4.78 is 28.3. The molecule has 0 spiro atoms. The molecule has 2 heterocycles. The summed E-state index contributed by atoms with van der Waals surface area (Å²) >= 11 is 0. The molecule has 1 aromatic heterocycles. The van der Waals surface area contributed by atoms with Crippen molar-refractivity contribution in [3.8, 4) is 0 Å². The second-order valence-corrected chi connectivity index (χ2v) is 6.40. The van der Waals surface area contributed by atoms with Crippen LogP contribution in [0.4, 0.5) is 0 Å². The SMILES string of the molecule is NCCc1coc(C2CCCS(=O)(=O)C2)n1. The molecule has 5 nitrogen and oxygen atoms in total. The zero-order valence-electron chi connectivity index (χ0n) is 9.05. The fourth-order valence-corrected chi connectivity index (χ4v) is 3.69. The first kappa shape index (κ1) is 11.6. The summed E-state index contributed by atoms with van der Waals surface area (Å²) in [6.07, 6.45) is 3.77. The van der Waals surface area contributed by atoms with Gasteiger partial charge in [0.25, 0.3) is 0 Å². The van der Waals surface area contributed by atoms with E-state index in [-0.39, 0.29) is 11.7 Å². The molecule has 1 saturated heterocycles. The van der Waals surface area contributed by atoms with Crippen LogP contribution < -0.4 is 5.73 Å². The Kier molecular flexibility index (Phi) is 3.30. The van der Waals surface area contributed by atoms with Gasteiger partial charge in [0.15, 0.2) is 15.7 Å². The maximum Gasteiger partial charge on any atom is 0.198 e. The van der Waals surface area contributed by atoms with E-state index in [0.29, 0.717) is 31.0 Å². The monoisotopic (exact) mass is 244 g/mol. The molecule has 2 rings (SSSR count). The third kappa shape index (κ3) is 2.62. The van der Waals surface area contributed by atoms with Crippen molar-refractivity contribution < 1.29 is 12.8 Å². The van der Waals surface area contributed by atoms with Crippen LogP contribution in [0, 0.1) is 0 Å². The smallest absolute Gasteiger partial charge is 0.198 e. The Hall–Kier alpha value is -0.880. The molecule has 1 aromatic rings. The summed E-state index contributed by atoms with van der Waals surface area (Å²) in [4.78, 5) is 4.28. The van der Waals surface area contributed by atoms with E-state index >= 15 is 0 Å². The van der Waals surface area contributed by atoms with Crippen molar-refractivity contribution in [2.75, 3.05) is 18.1 Å². The van der Waals surface area contributed by atoms with Crippen LogP contribution in [0.25, 0.3) is 0 Å². The zero-order chi connectivity index (χ0) is 11.6. The van der Waals surface area contributed by atoms with Crippen molar-refractivity contribution >= 4 is 9.84 Å². The van der Waals surface area contributed by atoms with E-state index in [4.69, 9.17) is 10.2 Å². The predicted octanol–water partition coefficient (Wildman–Crippen LogP) is 0.468. The fraction of sp³-hybridized carbons (Fsp3) is 0.700. The van der Waals surface area contributed by atoms with Crippen LogP contribution in [-0.4, -0.2) is 31.5 Å². The van der Waals surface area contributed by atoms with Gasteiger partial charge in [0.1, 0.15) is 6.26 Å². The topological polar surface area (TPSA) is 86.2 Å². The molecule has 1 aliphatic rings. The predicted molar refractivity (Wildman–Crippen MR) is 59.9 cm³/mol.